The van der Waals surface area contributed by atoms with Gasteiger partial charge in [-0.25, -0.2) is 0 Å². The molecule has 0 unspecified atom stereocenters. The van der Waals surface area contributed by atoms with Gasteiger partial charge in [-0.2, -0.15) is 0 Å². The zero-order chi connectivity index (χ0) is 37.4. The van der Waals surface area contributed by atoms with E-state index in [1.165, 1.54) is 26.9 Å². The van der Waals surface area contributed by atoms with E-state index in [-0.39, 0.29) is 29.7 Å². The van der Waals surface area contributed by atoms with Gasteiger partial charge < -0.3 is 0 Å². The SMILES string of the molecule is [2H]c1c([2H])c([2H])c(-c2c3ccccc3c(-c3ccc(-c4cc5c6ccccc6ccc5c5ccccc45)cn3)c3ccc(-c4ccccc4)cc23)c([2H])c1[2H]. The molecule has 10 aromatic rings. The predicted octanol–water partition coefficient (Wildman–Crippen LogP) is 13.5. The summed E-state index contributed by atoms with van der Waals surface area (Å²) in [6.45, 7) is 0. The standard InChI is InChI=1S/C49H31N/c1-3-13-32(14-4-1)35-24-27-43-46(29-35)48(34-16-5-2-6-17-34)41-21-11-12-22-42(41)49(43)47-28-25-36(31-50-47)44-30-45-37-18-8-7-15-33(37)23-26-40(45)38-19-9-10-20-39(38)44/h1-31H/i2D,5D,6D,16D,17D. The molecule has 0 radical (unpaired) electrons. The minimum absolute atomic E-state index is 0.183. The van der Waals surface area contributed by atoms with Gasteiger partial charge in [-0.15, -0.1) is 0 Å². The normalized spacial score (nSPS) is 13.0. The van der Waals surface area contributed by atoms with Crippen LogP contribution in [0.1, 0.15) is 6.85 Å². The van der Waals surface area contributed by atoms with E-state index < -0.39 is 6.04 Å². The highest BCUT2D eigenvalue weighted by atomic mass is 14.7. The first kappa shape index (κ1) is 23.7. The smallest absolute Gasteiger partial charge is 0.0714 e. The molecule has 0 aliphatic heterocycles. The van der Waals surface area contributed by atoms with Crippen molar-refractivity contribution in [2.45, 2.75) is 0 Å². The van der Waals surface area contributed by atoms with Crippen molar-refractivity contribution in [3.05, 3.63) is 188 Å². The maximum atomic E-state index is 9.03. The summed E-state index contributed by atoms with van der Waals surface area (Å²) in [6, 6.07) is 50.6. The number of pyridine rings is 1. The lowest BCUT2D eigenvalue weighted by Crippen LogP contribution is -1.93. The van der Waals surface area contributed by atoms with Crippen molar-refractivity contribution >= 4 is 53.9 Å². The largest absolute Gasteiger partial charge is 0.256 e. The number of nitrogens with zero attached hydrogens (tertiary/aromatic N) is 1. The van der Waals surface area contributed by atoms with Gasteiger partial charge in [0.1, 0.15) is 0 Å². The van der Waals surface area contributed by atoms with E-state index in [9.17, 15) is 0 Å². The molecule has 9 aromatic carbocycles. The summed E-state index contributed by atoms with van der Waals surface area (Å²) in [5.41, 5.74) is 6.58. The molecule has 0 atom stereocenters. The Labute approximate surface area is 297 Å². The molecule has 0 aliphatic carbocycles. The molecule has 0 bridgehead atoms. The Morgan fingerprint density at radius 3 is 1.76 bits per heavy atom. The van der Waals surface area contributed by atoms with Gasteiger partial charge in [-0.1, -0.05) is 164 Å². The Kier molecular flexibility index (Phi) is 5.47. The number of hydrogen-bond donors (Lipinski definition) is 0. The van der Waals surface area contributed by atoms with Crippen LogP contribution >= 0.6 is 0 Å². The fraction of sp³-hybridized carbons (Fsp3) is 0. The molecule has 1 heterocycles. The van der Waals surface area contributed by atoms with E-state index in [0.29, 0.717) is 5.56 Å². The molecule has 1 nitrogen and oxygen atoms in total. The average molecular weight is 639 g/mol. The molecule has 10 rings (SSSR count). The van der Waals surface area contributed by atoms with Gasteiger partial charge in [0.05, 0.1) is 12.5 Å². The molecular formula is C49H31N. The molecule has 0 fully saturated rings. The third-order valence-electron chi connectivity index (χ3n) is 9.98. The first-order valence-electron chi connectivity index (χ1n) is 19.3. The molecule has 0 spiro atoms. The highest BCUT2D eigenvalue weighted by Gasteiger charge is 2.19. The highest BCUT2D eigenvalue weighted by molar-refractivity contribution is 6.23. The second-order valence-corrected chi connectivity index (χ2v) is 12.7. The van der Waals surface area contributed by atoms with Crippen molar-refractivity contribution < 1.29 is 6.85 Å². The fourth-order valence-corrected chi connectivity index (χ4v) is 7.71. The van der Waals surface area contributed by atoms with Gasteiger partial charge >= 0.3 is 0 Å². The quantitative estimate of drug-likeness (QED) is 0.138. The van der Waals surface area contributed by atoms with Crippen molar-refractivity contribution in [3.63, 3.8) is 0 Å². The maximum absolute atomic E-state index is 9.03. The average Bonchev–Trinajstić information content (AvgIpc) is 3.24. The van der Waals surface area contributed by atoms with E-state index in [2.05, 4.69) is 97.1 Å². The van der Waals surface area contributed by atoms with E-state index in [4.69, 9.17) is 11.8 Å². The molecule has 0 aliphatic rings. The Bertz CT molecular complexity index is 3160. The van der Waals surface area contributed by atoms with Crippen LogP contribution in [0.3, 0.4) is 0 Å². The summed E-state index contributed by atoms with van der Waals surface area (Å²) in [4.78, 5) is 5.17. The van der Waals surface area contributed by atoms with Gasteiger partial charge in [0.2, 0.25) is 0 Å². The molecule has 0 N–H and O–H groups in total. The number of aromatic nitrogens is 1. The Hall–Kier alpha value is -6.57. The van der Waals surface area contributed by atoms with E-state index >= 15 is 0 Å². The summed E-state index contributed by atoms with van der Waals surface area (Å²) in [6.07, 6.45) is 1.95. The summed E-state index contributed by atoms with van der Waals surface area (Å²) in [7, 11) is 0. The molecule has 1 aromatic heterocycles. The molecule has 232 valence electrons. The van der Waals surface area contributed by atoms with Crippen molar-refractivity contribution in [3.8, 4) is 44.6 Å². The van der Waals surface area contributed by atoms with E-state index in [1.54, 1.807) is 0 Å². The second kappa shape index (κ2) is 11.5. The minimum atomic E-state index is -0.411. The van der Waals surface area contributed by atoms with Crippen LogP contribution in [0.15, 0.2) is 188 Å². The number of rotatable bonds is 4. The van der Waals surface area contributed by atoms with Gasteiger partial charge in [0.15, 0.2) is 0 Å². The van der Waals surface area contributed by atoms with Crippen LogP contribution in [-0.2, 0) is 0 Å². The second-order valence-electron chi connectivity index (χ2n) is 12.7. The summed E-state index contributed by atoms with van der Waals surface area (Å²) < 4.78 is 43.5. The summed E-state index contributed by atoms with van der Waals surface area (Å²) in [5.74, 6) is 0. The van der Waals surface area contributed by atoms with Crippen LogP contribution in [0.5, 0.6) is 0 Å². The monoisotopic (exact) mass is 638 g/mol. The lowest BCUT2D eigenvalue weighted by atomic mass is 9.86. The first-order chi connectivity index (χ1) is 26.9. The lowest BCUT2D eigenvalue weighted by Gasteiger charge is -2.18. The highest BCUT2D eigenvalue weighted by Crippen LogP contribution is 2.45. The van der Waals surface area contributed by atoms with Crippen LogP contribution in [0.4, 0.5) is 0 Å². The van der Waals surface area contributed by atoms with Gasteiger partial charge in [-0.05, 0) is 99.9 Å². The first-order valence-corrected chi connectivity index (χ1v) is 16.8. The van der Waals surface area contributed by atoms with Crippen LogP contribution in [0, 0.1) is 0 Å². The molecular weight excluding hydrogens is 603 g/mol. The topological polar surface area (TPSA) is 12.9 Å². The van der Waals surface area contributed by atoms with Crippen LogP contribution < -0.4 is 0 Å². The molecule has 50 heavy (non-hydrogen) atoms. The Balaban J connectivity index is 1.24. The zero-order valence-corrected chi connectivity index (χ0v) is 27.0. The number of benzene rings is 9. The third-order valence-corrected chi connectivity index (χ3v) is 9.98. The maximum Gasteiger partial charge on any atom is 0.0714 e. The van der Waals surface area contributed by atoms with Crippen molar-refractivity contribution in [2.24, 2.45) is 0 Å². The van der Waals surface area contributed by atoms with Gasteiger partial charge in [-0.3, -0.25) is 4.98 Å². The Morgan fingerprint density at radius 2 is 0.980 bits per heavy atom. The lowest BCUT2D eigenvalue weighted by molar-refractivity contribution is 1.34. The van der Waals surface area contributed by atoms with Crippen LogP contribution in [0.25, 0.3) is 98.5 Å². The summed E-state index contributed by atoms with van der Waals surface area (Å²) in [5, 5.41) is 10.5. The van der Waals surface area contributed by atoms with Gasteiger partial charge in [0.25, 0.3) is 0 Å². The van der Waals surface area contributed by atoms with E-state index in [0.717, 1.165) is 60.4 Å². The fourth-order valence-electron chi connectivity index (χ4n) is 7.71. The van der Waals surface area contributed by atoms with Crippen molar-refractivity contribution in [1.29, 1.82) is 0 Å². The van der Waals surface area contributed by atoms with Crippen LogP contribution in [0.2, 0.25) is 0 Å². The number of fused-ring (bicyclic) bond motifs is 7. The zero-order valence-electron chi connectivity index (χ0n) is 32.0. The van der Waals surface area contributed by atoms with Gasteiger partial charge in [0, 0.05) is 17.3 Å². The van der Waals surface area contributed by atoms with Crippen molar-refractivity contribution in [1.82, 2.24) is 4.98 Å². The summed E-state index contributed by atoms with van der Waals surface area (Å²) >= 11 is 0. The number of hydrogen-bond acceptors (Lipinski definition) is 1. The predicted molar refractivity (Wildman–Crippen MR) is 214 cm³/mol. The van der Waals surface area contributed by atoms with E-state index in [1.807, 2.05) is 60.8 Å². The Morgan fingerprint density at radius 1 is 0.360 bits per heavy atom. The minimum Gasteiger partial charge on any atom is -0.256 e. The van der Waals surface area contributed by atoms with Crippen LogP contribution in [-0.4, -0.2) is 4.98 Å². The molecule has 1 heteroatoms. The van der Waals surface area contributed by atoms with Crippen molar-refractivity contribution in [2.75, 3.05) is 0 Å². The molecule has 0 amide bonds. The third kappa shape index (κ3) is 4.52. The molecule has 0 saturated carbocycles. The molecule has 0 saturated heterocycles.